The predicted molar refractivity (Wildman–Crippen MR) is 82.6 cm³/mol. The Kier molecular flexibility index (Phi) is 5.14. The molecule has 0 bridgehead atoms. The fourth-order valence-corrected chi connectivity index (χ4v) is 3.29. The van der Waals surface area contributed by atoms with E-state index in [1.165, 1.54) is 0 Å². The minimum absolute atomic E-state index is 0.232. The highest BCUT2D eigenvalue weighted by atomic mass is 31.2. The minimum atomic E-state index is -4.09. The summed E-state index contributed by atoms with van der Waals surface area (Å²) in [6.45, 7) is 1.91. The van der Waals surface area contributed by atoms with Gasteiger partial charge in [0.25, 0.3) is 0 Å². The molecule has 0 aliphatic rings. The van der Waals surface area contributed by atoms with Crippen LogP contribution in [-0.4, -0.2) is 16.0 Å². The van der Waals surface area contributed by atoms with E-state index in [1.54, 1.807) is 42.5 Å². The van der Waals surface area contributed by atoms with Crippen LogP contribution in [0.25, 0.3) is 0 Å². The first-order chi connectivity index (χ1) is 10.4. The summed E-state index contributed by atoms with van der Waals surface area (Å²) in [5.41, 5.74) is 1.98. The Balaban J connectivity index is 2.16. The molecule has 2 aromatic rings. The summed E-state index contributed by atoms with van der Waals surface area (Å²) in [5, 5.41) is 9.24. The van der Waals surface area contributed by atoms with E-state index < -0.39 is 19.7 Å². The minimum Gasteiger partial charge on any atom is -0.479 e. The second kappa shape index (κ2) is 6.88. The van der Waals surface area contributed by atoms with Crippen molar-refractivity contribution in [1.29, 1.82) is 0 Å². The van der Waals surface area contributed by atoms with Crippen LogP contribution in [0.1, 0.15) is 22.8 Å². The Bertz CT molecular complexity index is 681. The number of carboxylic acid groups (broad SMARTS) is 1. The van der Waals surface area contributed by atoms with Crippen LogP contribution in [0, 0.1) is 6.92 Å². The van der Waals surface area contributed by atoms with E-state index in [4.69, 9.17) is 4.52 Å². The molecule has 0 saturated carbocycles. The van der Waals surface area contributed by atoms with Gasteiger partial charge in [-0.2, -0.15) is 0 Å². The molecule has 0 aliphatic heterocycles. The van der Waals surface area contributed by atoms with Crippen LogP contribution in [0.4, 0.5) is 0 Å². The van der Waals surface area contributed by atoms with Crippen LogP contribution in [-0.2, 0) is 20.0 Å². The number of aryl methyl sites for hydroxylation is 1. The third kappa shape index (κ3) is 4.53. The number of rotatable bonds is 6. The van der Waals surface area contributed by atoms with Crippen molar-refractivity contribution in [3.05, 3.63) is 71.3 Å². The molecule has 2 atom stereocenters. The Labute approximate surface area is 128 Å². The predicted octanol–water partition coefficient (Wildman–Crippen LogP) is 3.52. The van der Waals surface area contributed by atoms with Gasteiger partial charge in [-0.25, -0.2) is 4.79 Å². The number of carboxylic acids is 1. The van der Waals surface area contributed by atoms with Crippen LogP contribution < -0.4 is 0 Å². The molecule has 5 nitrogen and oxygen atoms in total. The summed E-state index contributed by atoms with van der Waals surface area (Å²) in [5.74, 6) is -1.30. The SMILES string of the molecule is Cc1ccc(CP(=O)(O)OC(C(=O)O)c2ccccc2)cc1. The molecule has 0 aromatic heterocycles. The van der Waals surface area contributed by atoms with Crippen LogP contribution >= 0.6 is 7.60 Å². The monoisotopic (exact) mass is 320 g/mol. The topological polar surface area (TPSA) is 83.8 Å². The molecule has 22 heavy (non-hydrogen) atoms. The molecule has 0 amide bonds. The van der Waals surface area contributed by atoms with Crippen molar-refractivity contribution in [2.24, 2.45) is 0 Å². The van der Waals surface area contributed by atoms with Crippen molar-refractivity contribution in [3.63, 3.8) is 0 Å². The summed E-state index contributed by atoms with van der Waals surface area (Å²) in [4.78, 5) is 21.3. The molecule has 0 heterocycles. The maximum atomic E-state index is 12.2. The lowest BCUT2D eigenvalue weighted by molar-refractivity contribution is -0.145. The van der Waals surface area contributed by atoms with E-state index in [0.717, 1.165) is 5.56 Å². The quantitative estimate of drug-likeness (QED) is 0.796. The molecular weight excluding hydrogens is 303 g/mol. The van der Waals surface area contributed by atoms with Crippen LogP contribution in [0.5, 0.6) is 0 Å². The van der Waals surface area contributed by atoms with Crippen molar-refractivity contribution in [1.82, 2.24) is 0 Å². The maximum Gasteiger partial charge on any atom is 0.338 e. The van der Waals surface area contributed by atoms with Gasteiger partial charge in [0.15, 0.2) is 6.10 Å². The molecule has 2 N–H and O–H groups in total. The summed E-state index contributed by atoms with van der Waals surface area (Å²) in [6.07, 6.45) is -1.70. The molecule has 2 aromatic carbocycles. The zero-order valence-corrected chi connectivity index (χ0v) is 12.9. The Morgan fingerprint density at radius 3 is 2.27 bits per heavy atom. The van der Waals surface area contributed by atoms with Crippen LogP contribution in [0.3, 0.4) is 0 Å². The van der Waals surface area contributed by atoms with E-state index >= 15 is 0 Å². The van der Waals surface area contributed by atoms with Gasteiger partial charge in [-0.1, -0.05) is 60.2 Å². The summed E-state index contributed by atoms with van der Waals surface area (Å²) < 4.78 is 17.3. The largest absolute Gasteiger partial charge is 0.479 e. The van der Waals surface area contributed by atoms with Gasteiger partial charge in [-0.3, -0.25) is 9.09 Å². The van der Waals surface area contributed by atoms with Crippen LogP contribution in [0.2, 0.25) is 0 Å². The molecule has 0 spiro atoms. The lowest BCUT2D eigenvalue weighted by Crippen LogP contribution is -2.14. The lowest BCUT2D eigenvalue weighted by Gasteiger charge is -2.18. The number of hydrogen-bond acceptors (Lipinski definition) is 3. The maximum absolute atomic E-state index is 12.2. The Morgan fingerprint density at radius 2 is 1.73 bits per heavy atom. The molecule has 0 saturated heterocycles. The van der Waals surface area contributed by atoms with Gasteiger partial charge < -0.3 is 10.00 Å². The van der Waals surface area contributed by atoms with E-state index in [2.05, 4.69) is 0 Å². The molecular formula is C16H17O5P. The van der Waals surface area contributed by atoms with Gasteiger partial charge in [0, 0.05) is 0 Å². The van der Waals surface area contributed by atoms with Gasteiger partial charge in [0.1, 0.15) is 0 Å². The molecule has 0 fully saturated rings. The standard InChI is InChI=1S/C16H17O5P/c1-12-7-9-13(10-8-12)11-22(19,20)21-15(16(17)18)14-5-3-2-4-6-14/h2-10,15H,11H2,1H3,(H,17,18)(H,19,20). The molecule has 2 unspecified atom stereocenters. The van der Waals surface area contributed by atoms with Crippen molar-refractivity contribution in [3.8, 4) is 0 Å². The fraction of sp³-hybridized carbons (Fsp3) is 0.188. The van der Waals surface area contributed by atoms with Crippen molar-refractivity contribution in [2.45, 2.75) is 19.2 Å². The average molecular weight is 320 g/mol. The van der Waals surface area contributed by atoms with Gasteiger partial charge in [0.2, 0.25) is 0 Å². The zero-order chi connectivity index (χ0) is 16.2. The first kappa shape index (κ1) is 16.4. The summed E-state index contributed by atoms with van der Waals surface area (Å²) in [7, 11) is -4.09. The van der Waals surface area contributed by atoms with E-state index in [-0.39, 0.29) is 6.16 Å². The summed E-state index contributed by atoms with van der Waals surface area (Å²) >= 11 is 0. The highest BCUT2D eigenvalue weighted by Gasteiger charge is 2.31. The first-order valence-electron chi connectivity index (χ1n) is 6.71. The third-order valence-electron chi connectivity index (χ3n) is 3.10. The zero-order valence-electron chi connectivity index (χ0n) is 12.0. The average Bonchev–Trinajstić information content (AvgIpc) is 2.48. The van der Waals surface area contributed by atoms with Crippen molar-refractivity contribution in [2.75, 3.05) is 0 Å². The number of aliphatic carboxylic acids is 1. The van der Waals surface area contributed by atoms with E-state index in [0.29, 0.717) is 11.1 Å². The fourth-order valence-electron chi connectivity index (χ4n) is 2.00. The number of hydrogen-bond donors (Lipinski definition) is 2. The van der Waals surface area contributed by atoms with Crippen molar-refractivity contribution >= 4 is 13.6 Å². The van der Waals surface area contributed by atoms with Gasteiger partial charge in [-0.15, -0.1) is 0 Å². The molecule has 116 valence electrons. The highest BCUT2D eigenvalue weighted by molar-refractivity contribution is 7.52. The smallest absolute Gasteiger partial charge is 0.338 e. The molecule has 0 radical (unpaired) electrons. The second-order valence-corrected chi connectivity index (χ2v) is 6.82. The van der Waals surface area contributed by atoms with Gasteiger partial charge in [-0.05, 0) is 18.1 Å². The third-order valence-corrected chi connectivity index (χ3v) is 4.40. The van der Waals surface area contributed by atoms with E-state index in [9.17, 15) is 19.4 Å². The lowest BCUT2D eigenvalue weighted by atomic mass is 10.1. The number of benzene rings is 2. The second-order valence-electron chi connectivity index (χ2n) is 5.02. The number of carbonyl (C=O) groups is 1. The first-order valence-corrected chi connectivity index (χ1v) is 8.47. The van der Waals surface area contributed by atoms with Crippen LogP contribution in [0.15, 0.2) is 54.6 Å². The molecule has 6 heteroatoms. The molecule has 0 aliphatic carbocycles. The van der Waals surface area contributed by atoms with E-state index in [1.807, 2.05) is 19.1 Å². The Morgan fingerprint density at radius 1 is 1.14 bits per heavy atom. The highest BCUT2D eigenvalue weighted by Crippen LogP contribution is 2.49. The Hall–Kier alpha value is -1.94. The summed E-state index contributed by atoms with van der Waals surface area (Å²) in [6, 6.07) is 15.2. The van der Waals surface area contributed by atoms with Gasteiger partial charge >= 0.3 is 13.6 Å². The van der Waals surface area contributed by atoms with Crippen molar-refractivity contribution < 1.29 is 23.9 Å². The van der Waals surface area contributed by atoms with Gasteiger partial charge in [0.05, 0.1) is 6.16 Å². The molecule has 2 rings (SSSR count). The normalized spacial score (nSPS) is 15.0.